The van der Waals surface area contributed by atoms with Crippen molar-refractivity contribution in [2.45, 2.75) is 71.6 Å². The second-order valence-corrected chi connectivity index (χ2v) is 5.07. The molecule has 0 atom stereocenters. The summed E-state index contributed by atoms with van der Waals surface area (Å²) in [5.74, 6) is 0. The molecule has 19 heavy (non-hydrogen) atoms. The highest BCUT2D eigenvalue weighted by molar-refractivity contribution is 4.92. The van der Waals surface area contributed by atoms with Gasteiger partial charge in [-0.2, -0.15) is 0 Å². The Morgan fingerprint density at radius 1 is 0.632 bits per heavy atom. The van der Waals surface area contributed by atoms with Crippen LogP contribution >= 0.6 is 0 Å². The summed E-state index contributed by atoms with van der Waals surface area (Å²) in [5, 5.41) is 0. The van der Waals surface area contributed by atoms with E-state index in [2.05, 4.69) is 39.7 Å². The fraction of sp³-hybridized carbons (Fsp3) is 0.579. The molecule has 0 aliphatic rings. The van der Waals surface area contributed by atoms with Gasteiger partial charge in [0, 0.05) is 0 Å². The van der Waals surface area contributed by atoms with Gasteiger partial charge in [0.05, 0.1) is 0 Å². The maximum Gasteiger partial charge on any atom is -0.0345 e. The van der Waals surface area contributed by atoms with E-state index >= 15 is 0 Å². The fourth-order valence-corrected chi connectivity index (χ4v) is 1.58. The third-order valence-corrected chi connectivity index (χ3v) is 2.73. The molecule has 0 fully saturated rings. The molecule has 0 aliphatic heterocycles. The lowest BCUT2D eigenvalue weighted by Crippen LogP contribution is -1.75. The van der Waals surface area contributed by atoms with E-state index in [-0.39, 0.29) is 0 Å². The Kier molecular flexibility index (Phi) is 20.6. The highest BCUT2D eigenvalue weighted by atomic mass is 13.9. The predicted molar refractivity (Wildman–Crippen MR) is 91.6 cm³/mol. The smallest absolute Gasteiger partial charge is 0.0345 e. The van der Waals surface area contributed by atoms with E-state index in [4.69, 9.17) is 0 Å². The summed E-state index contributed by atoms with van der Waals surface area (Å²) in [4.78, 5) is 0. The SMILES string of the molecule is C=CCCCC=C(C)C.C=CCCCCCCC=C. The monoisotopic (exact) mass is 262 g/mol. The van der Waals surface area contributed by atoms with Gasteiger partial charge in [-0.25, -0.2) is 0 Å². The van der Waals surface area contributed by atoms with Gasteiger partial charge in [-0.15, -0.1) is 19.7 Å². The molecule has 0 saturated heterocycles. The number of hydrogen-bond donors (Lipinski definition) is 0. The molecule has 0 aromatic heterocycles. The standard InChI is InChI=1S/C10H18.C9H16/c1-3-5-7-9-10-8-6-4-2;1-4-5-6-7-8-9(2)3/h3-4H,1-2,5-10H2;4,8H,1,5-7H2,2-3H3. The maximum absolute atomic E-state index is 3.68. The molecule has 0 spiro atoms. The van der Waals surface area contributed by atoms with Crippen molar-refractivity contribution in [1.29, 1.82) is 0 Å². The third-order valence-electron chi connectivity index (χ3n) is 2.73. The second kappa shape index (κ2) is 19.3. The summed E-state index contributed by atoms with van der Waals surface area (Å²) in [6.45, 7) is 15.3. The minimum absolute atomic E-state index is 1.14. The molecule has 0 bridgehead atoms. The van der Waals surface area contributed by atoms with E-state index in [1.54, 1.807) is 0 Å². The summed E-state index contributed by atoms with van der Waals surface area (Å²) in [7, 11) is 0. The van der Waals surface area contributed by atoms with Crippen LogP contribution < -0.4 is 0 Å². The number of allylic oxidation sites excluding steroid dienone is 5. The van der Waals surface area contributed by atoms with Gasteiger partial charge in [0.1, 0.15) is 0 Å². The average molecular weight is 262 g/mol. The zero-order valence-electron chi connectivity index (χ0n) is 13.3. The van der Waals surface area contributed by atoms with Crippen molar-refractivity contribution in [3.63, 3.8) is 0 Å². The number of unbranched alkanes of at least 4 members (excludes halogenated alkanes) is 7. The van der Waals surface area contributed by atoms with E-state index in [1.807, 2.05) is 18.2 Å². The summed E-state index contributed by atoms with van der Waals surface area (Å²) in [6.07, 6.45) is 19.5. The van der Waals surface area contributed by atoms with E-state index in [9.17, 15) is 0 Å². The van der Waals surface area contributed by atoms with Crippen molar-refractivity contribution in [2.75, 3.05) is 0 Å². The van der Waals surface area contributed by atoms with Crippen LogP contribution in [0.1, 0.15) is 71.6 Å². The van der Waals surface area contributed by atoms with Crippen LogP contribution in [-0.2, 0) is 0 Å². The van der Waals surface area contributed by atoms with Gasteiger partial charge in [0.15, 0.2) is 0 Å². The van der Waals surface area contributed by atoms with E-state index in [0.29, 0.717) is 0 Å². The molecule has 0 nitrogen and oxygen atoms in total. The number of hydrogen-bond acceptors (Lipinski definition) is 0. The van der Waals surface area contributed by atoms with Crippen molar-refractivity contribution in [3.05, 3.63) is 49.6 Å². The highest BCUT2D eigenvalue weighted by Gasteiger charge is 1.85. The van der Waals surface area contributed by atoms with Gasteiger partial charge in [-0.3, -0.25) is 0 Å². The molecule has 0 aromatic rings. The molecule has 0 heteroatoms. The van der Waals surface area contributed by atoms with Crippen LogP contribution in [0.4, 0.5) is 0 Å². The summed E-state index contributed by atoms with van der Waals surface area (Å²) >= 11 is 0. The second-order valence-electron chi connectivity index (χ2n) is 5.07. The Hall–Kier alpha value is -1.04. The van der Waals surface area contributed by atoms with Crippen molar-refractivity contribution in [3.8, 4) is 0 Å². The zero-order chi connectivity index (χ0) is 14.8. The lowest BCUT2D eigenvalue weighted by Gasteiger charge is -1.95. The minimum atomic E-state index is 1.14. The normalized spacial score (nSPS) is 8.95. The average Bonchev–Trinajstić information content (AvgIpc) is 2.39. The van der Waals surface area contributed by atoms with Crippen LogP contribution in [0.15, 0.2) is 49.6 Å². The van der Waals surface area contributed by atoms with Crippen LogP contribution in [0, 0.1) is 0 Å². The zero-order valence-corrected chi connectivity index (χ0v) is 13.3. The minimum Gasteiger partial charge on any atom is -0.103 e. The van der Waals surface area contributed by atoms with Crippen LogP contribution in [0.2, 0.25) is 0 Å². The Balaban J connectivity index is 0. The van der Waals surface area contributed by atoms with Crippen LogP contribution in [0.25, 0.3) is 0 Å². The third kappa shape index (κ3) is 26.5. The van der Waals surface area contributed by atoms with Gasteiger partial charge < -0.3 is 0 Å². The quantitative estimate of drug-likeness (QED) is 0.277. The van der Waals surface area contributed by atoms with Crippen molar-refractivity contribution in [1.82, 2.24) is 0 Å². The topological polar surface area (TPSA) is 0 Å². The Morgan fingerprint density at radius 2 is 1.05 bits per heavy atom. The van der Waals surface area contributed by atoms with Crippen LogP contribution in [0.3, 0.4) is 0 Å². The Bertz CT molecular complexity index is 216. The fourth-order valence-electron chi connectivity index (χ4n) is 1.58. The van der Waals surface area contributed by atoms with Crippen molar-refractivity contribution < 1.29 is 0 Å². The largest absolute Gasteiger partial charge is 0.103 e. The predicted octanol–water partition coefficient (Wildman–Crippen LogP) is 7.01. The molecular weight excluding hydrogens is 228 g/mol. The maximum atomic E-state index is 3.68. The molecule has 0 N–H and O–H groups in total. The summed E-state index contributed by atoms with van der Waals surface area (Å²) < 4.78 is 0. The molecule has 0 saturated carbocycles. The van der Waals surface area contributed by atoms with Crippen molar-refractivity contribution in [2.24, 2.45) is 0 Å². The molecule has 0 unspecified atom stereocenters. The molecule has 0 aliphatic carbocycles. The molecule has 0 radical (unpaired) electrons. The number of rotatable bonds is 11. The van der Waals surface area contributed by atoms with Crippen LogP contribution in [-0.4, -0.2) is 0 Å². The molecular formula is C19H34. The Morgan fingerprint density at radius 3 is 1.42 bits per heavy atom. The highest BCUT2D eigenvalue weighted by Crippen LogP contribution is 2.05. The molecule has 0 aromatic carbocycles. The lowest BCUT2D eigenvalue weighted by atomic mass is 10.1. The van der Waals surface area contributed by atoms with Gasteiger partial charge in [0.2, 0.25) is 0 Å². The van der Waals surface area contributed by atoms with Crippen LogP contribution in [0.5, 0.6) is 0 Å². The first-order chi connectivity index (χ1) is 9.18. The molecule has 110 valence electrons. The van der Waals surface area contributed by atoms with Crippen molar-refractivity contribution >= 4 is 0 Å². The van der Waals surface area contributed by atoms with Gasteiger partial charge in [-0.05, 0) is 58.8 Å². The molecule has 0 rings (SSSR count). The van der Waals surface area contributed by atoms with Gasteiger partial charge in [-0.1, -0.05) is 42.7 Å². The van der Waals surface area contributed by atoms with E-state index < -0.39 is 0 Å². The lowest BCUT2D eigenvalue weighted by molar-refractivity contribution is 0.653. The Labute approximate surface area is 122 Å². The first kappa shape index (κ1) is 20.3. The summed E-state index contributed by atoms with van der Waals surface area (Å²) in [6, 6.07) is 0. The molecule has 0 amide bonds. The van der Waals surface area contributed by atoms with Gasteiger partial charge in [0.25, 0.3) is 0 Å². The molecule has 0 heterocycles. The summed E-state index contributed by atoms with van der Waals surface area (Å²) in [5.41, 5.74) is 1.42. The first-order valence-electron chi connectivity index (χ1n) is 7.65. The first-order valence-corrected chi connectivity index (χ1v) is 7.65. The van der Waals surface area contributed by atoms with E-state index in [1.165, 1.54) is 56.9 Å². The van der Waals surface area contributed by atoms with E-state index in [0.717, 1.165) is 6.42 Å². The van der Waals surface area contributed by atoms with Gasteiger partial charge >= 0.3 is 0 Å².